The van der Waals surface area contributed by atoms with E-state index in [1.165, 1.54) is 36.4 Å². The van der Waals surface area contributed by atoms with Gasteiger partial charge >= 0.3 is 24.5 Å². The van der Waals surface area contributed by atoms with Gasteiger partial charge in [-0.25, -0.2) is 9.59 Å². The third-order valence-electron chi connectivity index (χ3n) is 4.86. The quantitative estimate of drug-likeness (QED) is 0.123. The first kappa shape index (κ1) is 26.1. The van der Waals surface area contributed by atoms with Crippen molar-refractivity contribution in [3.8, 4) is 11.5 Å². The molecule has 0 atom stereocenters. The van der Waals surface area contributed by atoms with Crippen molar-refractivity contribution in [1.29, 1.82) is 0 Å². The molecule has 0 aromatic heterocycles. The Morgan fingerprint density at radius 2 is 1.56 bits per heavy atom. The van der Waals surface area contributed by atoms with Crippen LogP contribution < -0.4 is 20.9 Å². The number of nitrogen functional groups attached to an aromatic ring is 2. The molecule has 0 amide bonds. The van der Waals surface area contributed by atoms with E-state index in [2.05, 4.69) is 4.74 Å². The van der Waals surface area contributed by atoms with Gasteiger partial charge in [-0.15, -0.1) is 0 Å². The van der Waals surface area contributed by atoms with E-state index < -0.39 is 30.2 Å². The maximum Gasteiger partial charge on any atom is 0.461 e. The third-order valence-corrected chi connectivity index (χ3v) is 4.86. The lowest BCUT2D eigenvalue weighted by atomic mass is 10.0. The van der Waals surface area contributed by atoms with E-state index in [1.54, 1.807) is 12.1 Å². The zero-order chi connectivity index (χ0) is 26.5. The standard InChI is InChI=1S/C25H20F4N2O5/c26-24(27)25(28,29)36-20-9-4-15(5-10-20)23(34)35-19-7-1-14(2-8-19)11-17(22(32)33)12-16-3-6-18(30)13-21(16)31/h1-11,13,24H,12,30-31H2,(H,32,33). The van der Waals surface area contributed by atoms with Crippen LogP contribution in [0.25, 0.3) is 6.08 Å². The molecule has 0 heterocycles. The van der Waals surface area contributed by atoms with Gasteiger partial charge in [-0.1, -0.05) is 18.2 Å². The van der Waals surface area contributed by atoms with E-state index in [1.807, 2.05) is 0 Å². The number of carboxylic acids is 1. The minimum absolute atomic E-state index is 0.0408. The molecule has 0 aliphatic carbocycles. The Morgan fingerprint density at radius 3 is 2.11 bits per heavy atom. The highest BCUT2D eigenvalue weighted by Crippen LogP contribution is 2.28. The maximum absolute atomic E-state index is 13.0. The van der Waals surface area contributed by atoms with Crippen molar-refractivity contribution in [3.63, 3.8) is 0 Å². The highest BCUT2D eigenvalue weighted by atomic mass is 19.3. The fourth-order valence-electron chi connectivity index (χ4n) is 3.03. The van der Waals surface area contributed by atoms with Crippen LogP contribution >= 0.6 is 0 Å². The minimum atomic E-state index is -4.67. The van der Waals surface area contributed by atoms with Gasteiger partial charge in [-0.05, 0) is 65.7 Å². The number of aliphatic carboxylic acids is 1. The average molecular weight is 504 g/mol. The predicted octanol–water partition coefficient (Wildman–Crippen LogP) is 5.02. The summed E-state index contributed by atoms with van der Waals surface area (Å²) in [5.41, 5.74) is 13.5. The summed E-state index contributed by atoms with van der Waals surface area (Å²) in [5, 5.41) is 9.56. The van der Waals surface area contributed by atoms with Gasteiger partial charge in [0, 0.05) is 23.4 Å². The van der Waals surface area contributed by atoms with Crippen LogP contribution in [0.4, 0.5) is 28.9 Å². The Hall–Kier alpha value is -4.54. The van der Waals surface area contributed by atoms with Crippen molar-refractivity contribution >= 4 is 29.4 Å². The topological polar surface area (TPSA) is 125 Å². The number of carboxylic acid groups (broad SMARTS) is 1. The van der Waals surface area contributed by atoms with Gasteiger partial charge in [-0.3, -0.25) is 0 Å². The maximum atomic E-state index is 13.0. The van der Waals surface area contributed by atoms with Crippen LogP contribution in [-0.4, -0.2) is 29.6 Å². The molecule has 0 bridgehead atoms. The summed E-state index contributed by atoms with van der Waals surface area (Å²) in [6.45, 7) is 0. The number of benzene rings is 3. The minimum Gasteiger partial charge on any atom is -0.478 e. The molecule has 0 saturated heterocycles. The fraction of sp³-hybridized carbons (Fsp3) is 0.120. The van der Waals surface area contributed by atoms with E-state index in [0.717, 1.165) is 24.3 Å². The molecular weight excluding hydrogens is 484 g/mol. The monoisotopic (exact) mass is 504 g/mol. The normalized spacial score (nSPS) is 11.9. The number of carbonyl (C=O) groups excluding carboxylic acids is 1. The van der Waals surface area contributed by atoms with E-state index in [0.29, 0.717) is 22.5 Å². The zero-order valence-corrected chi connectivity index (χ0v) is 18.5. The second kappa shape index (κ2) is 10.8. The van der Waals surface area contributed by atoms with Crippen LogP contribution in [0.15, 0.2) is 72.3 Å². The Morgan fingerprint density at radius 1 is 0.944 bits per heavy atom. The molecule has 0 unspecified atom stereocenters. The second-order valence-corrected chi connectivity index (χ2v) is 7.56. The number of rotatable bonds is 9. The highest BCUT2D eigenvalue weighted by molar-refractivity contribution is 5.93. The molecule has 0 aliphatic heterocycles. The van der Waals surface area contributed by atoms with Crippen LogP contribution in [-0.2, 0) is 11.2 Å². The summed E-state index contributed by atoms with van der Waals surface area (Å²) in [4.78, 5) is 24.0. The van der Waals surface area contributed by atoms with Gasteiger partial charge in [0.05, 0.1) is 5.56 Å². The summed E-state index contributed by atoms with van der Waals surface area (Å²) in [5.74, 6) is -2.40. The Bertz CT molecular complexity index is 1280. The van der Waals surface area contributed by atoms with E-state index in [-0.39, 0.29) is 23.3 Å². The smallest absolute Gasteiger partial charge is 0.461 e. The van der Waals surface area contributed by atoms with Gasteiger partial charge in [0.15, 0.2) is 0 Å². The highest BCUT2D eigenvalue weighted by Gasteiger charge is 2.43. The number of anilines is 2. The van der Waals surface area contributed by atoms with Crippen LogP contribution in [0.5, 0.6) is 11.5 Å². The van der Waals surface area contributed by atoms with Crippen LogP contribution in [0.2, 0.25) is 0 Å². The van der Waals surface area contributed by atoms with Crippen molar-refractivity contribution in [3.05, 3.63) is 89.0 Å². The number of carbonyl (C=O) groups is 2. The van der Waals surface area contributed by atoms with Gasteiger partial charge in [-0.2, -0.15) is 17.6 Å². The number of hydrogen-bond donors (Lipinski definition) is 3. The Balaban J connectivity index is 1.67. The first-order valence-electron chi connectivity index (χ1n) is 10.3. The van der Waals surface area contributed by atoms with Crippen LogP contribution in [0, 0.1) is 0 Å². The van der Waals surface area contributed by atoms with E-state index in [9.17, 15) is 32.3 Å². The molecule has 3 aromatic rings. The first-order chi connectivity index (χ1) is 16.9. The Labute approximate surface area is 202 Å². The van der Waals surface area contributed by atoms with E-state index >= 15 is 0 Å². The van der Waals surface area contributed by atoms with Crippen molar-refractivity contribution in [1.82, 2.24) is 0 Å². The van der Waals surface area contributed by atoms with Crippen molar-refractivity contribution in [2.24, 2.45) is 0 Å². The lowest BCUT2D eigenvalue weighted by Crippen LogP contribution is -2.33. The van der Waals surface area contributed by atoms with Crippen molar-refractivity contribution in [2.45, 2.75) is 19.0 Å². The van der Waals surface area contributed by atoms with Gasteiger partial charge in [0.1, 0.15) is 11.5 Å². The molecule has 0 radical (unpaired) electrons. The molecule has 0 spiro atoms. The largest absolute Gasteiger partial charge is 0.478 e. The summed E-state index contributed by atoms with van der Waals surface area (Å²) >= 11 is 0. The number of esters is 1. The molecular formula is C25H20F4N2O5. The summed E-state index contributed by atoms with van der Waals surface area (Å²) in [7, 11) is 0. The van der Waals surface area contributed by atoms with Gasteiger partial charge < -0.3 is 26.0 Å². The molecule has 5 N–H and O–H groups in total. The lowest BCUT2D eigenvalue weighted by Gasteiger charge is -2.16. The zero-order valence-electron chi connectivity index (χ0n) is 18.5. The molecule has 36 heavy (non-hydrogen) atoms. The molecule has 3 rings (SSSR count). The SMILES string of the molecule is Nc1ccc(CC(=Cc2ccc(OC(=O)c3ccc(OC(F)(F)C(F)F)cc3)cc2)C(=O)O)c(N)c1. The number of ether oxygens (including phenoxy) is 2. The molecule has 0 aliphatic rings. The predicted molar refractivity (Wildman–Crippen MR) is 124 cm³/mol. The van der Waals surface area contributed by atoms with Crippen LogP contribution in [0.3, 0.4) is 0 Å². The number of alkyl halides is 4. The summed E-state index contributed by atoms with van der Waals surface area (Å²) in [6.07, 6.45) is -7.18. The number of hydrogen-bond acceptors (Lipinski definition) is 6. The van der Waals surface area contributed by atoms with E-state index in [4.69, 9.17) is 16.2 Å². The molecule has 0 fully saturated rings. The van der Waals surface area contributed by atoms with Gasteiger partial charge in [0.2, 0.25) is 0 Å². The van der Waals surface area contributed by atoms with Crippen LogP contribution in [0.1, 0.15) is 21.5 Å². The molecule has 11 heteroatoms. The first-order valence-corrected chi connectivity index (χ1v) is 10.3. The lowest BCUT2D eigenvalue weighted by molar-refractivity contribution is -0.253. The number of halogens is 4. The molecule has 188 valence electrons. The Kier molecular flexibility index (Phi) is 7.83. The number of nitrogens with two attached hydrogens (primary N) is 2. The van der Waals surface area contributed by atoms with Crippen molar-refractivity contribution in [2.75, 3.05) is 11.5 Å². The molecule has 7 nitrogen and oxygen atoms in total. The third kappa shape index (κ3) is 6.75. The molecule has 0 saturated carbocycles. The second-order valence-electron chi connectivity index (χ2n) is 7.56. The molecule has 3 aromatic carbocycles. The summed E-state index contributed by atoms with van der Waals surface area (Å²) in [6, 6.07) is 14.8. The average Bonchev–Trinajstić information content (AvgIpc) is 2.81. The fourth-order valence-corrected chi connectivity index (χ4v) is 3.03. The van der Waals surface area contributed by atoms with Crippen molar-refractivity contribution < 1.29 is 41.7 Å². The summed E-state index contributed by atoms with van der Waals surface area (Å²) < 4.78 is 59.5. The van der Waals surface area contributed by atoms with Gasteiger partial charge in [0.25, 0.3) is 0 Å².